The van der Waals surface area contributed by atoms with Gasteiger partial charge in [-0.1, -0.05) is 0 Å². The zero-order valence-corrected chi connectivity index (χ0v) is 9.66. The smallest absolute Gasteiger partial charge is 0.220 e. The number of amides is 1. The number of hydrogen-bond donors (Lipinski definition) is 2. The van der Waals surface area contributed by atoms with Crippen LogP contribution in [0.3, 0.4) is 0 Å². The molecule has 0 aliphatic carbocycles. The molecule has 0 fully saturated rings. The first-order valence-electron chi connectivity index (χ1n) is 5.14. The molecule has 0 saturated carbocycles. The molecule has 0 aromatic carbocycles. The molecule has 0 heterocycles. The van der Waals surface area contributed by atoms with Gasteiger partial charge in [0.25, 0.3) is 0 Å². The van der Waals surface area contributed by atoms with Gasteiger partial charge in [-0.25, -0.2) is 0 Å². The molecular formula is C11H22N2O2. The maximum absolute atomic E-state index is 11.0. The van der Waals surface area contributed by atoms with Crippen LogP contribution < -0.4 is 11.1 Å². The number of rotatable bonds is 7. The Balaban J connectivity index is 0. The third kappa shape index (κ3) is 12.9. The van der Waals surface area contributed by atoms with E-state index in [9.17, 15) is 4.79 Å². The first-order valence-corrected chi connectivity index (χ1v) is 5.14. The SMILES string of the molecule is C#C.CCNC(=O)CC[C@@H](N)COCC. The lowest BCUT2D eigenvalue weighted by molar-refractivity contribution is -0.121. The zero-order valence-electron chi connectivity index (χ0n) is 9.66. The Bertz CT molecular complexity index is 169. The van der Waals surface area contributed by atoms with Crippen molar-refractivity contribution in [1.29, 1.82) is 0 Å². The van der Waals surface area contributed by atoms with Gasteiger partial charge in [0, 0.05) is 25.6 Å². The minimum Gasteiger partial charge on any atom is -0.380 e. The summed E-state index contributed by atoms with van der Waals surface area (Å²) in [6.07, 6.45) is 9.17. The van der Waals surface area contributed by atoms with Crippen molar-refractivity contribution < 1.29 is 9.53 Å². The van der Waals surface area contributed by atoms with Crippen LogP contribution in [-0.2, 0) is 9.53 Å². The van der Waals surface area contributed by atoms with Gasteiger partial charge in [0.1, 0.15) is 0 Å². The average molecular weight is 214 g/mol. The monoisotopic (exact) mass is 214 g/mol. The van der Waals surface area contributed by atoms with Gasteiger partial charge in [-0.3, -0.25) is 4.79 Å². The second-order valence-corrected chi connectivity index (χ2v) is 2.91. The second-order valence-electron chi connectivity index (χ2n) is 2.91. The van der Waals surface area contributed by atoms with Crippen LogP contribution in [0.25, 0.3) is 0 Å². The maximum atomic E-state index is 11.0. The molecule has 0 radical (unpaired) electrons. The minimum absolute atomic E-state index is 0.0254. The number of nitrogens with one attached hydrogen (secondary N) is 1. The highest BCUT2D eigenvalue weighted by Gasteiger charge is 2.05. The molecule has 15 heavy (non-hydrogen) atoms. The van der Waals surface area contributed by atoms with Gasteiger partial charge in [-0.2, -0.15) is 0 Å². The van der Waals surface area contributed by atoms with Crippen molar-refractivity contribution in [3.8, 4) is 12.8 Å². The Labute approximate surface area is 92.6 Å². The van der Waals surface area contributed by atoms with E-state index in [4.69, 9.17) is 10.5 Å². The van der Waals surface area contributed by atoms with Gasteiger partial charge in [0.15, 0.2) is 0 Å². The van der Waals surface area contributed by atoms with E-state index in [0.717, 1.165) is 0 Å². The zero-order chi connectivity index (χ0) is 12.1. The Morgan fingerprint density at radius 1 is 1.47 bits per heavy atom. The molecule has 88 valence electrons. The largest absolute Gasteiger partial charge is 0.380 e. The highest BCUT2D eigenvalue weighted by Crippen LogP contribution is 1.95. The van der Waals surface area contributed by atoms with Gasteiger partial charge in [-0.15, -0.1) is 12.8 Å². The number of ether oxygens (including phenoxy) is 1. The van der Waals surface area contributed by atoms with Crippen LogP contribution >= 0.6 is 0 Å². The molecule has 1 atom stereocenters. The van der Waals surface area contributed by atoms with Gasteiger partial charge in [0.05, 0.1) is 6.61 Å². The van der Waals surface area contributed by atoms with E-state index in [1.165, 1.54) is 0 Å². The van der Waals surface area contributed by atoms with Gasteiger partial charge in [0.2, 0.25) is 5.91 Å². The Morgan fingerprint density at radius 2 is 2.07 bits per heavy atom. The quantitative estimate of drug-likeness (QED) is 0.607. The molecular weight excluding hydrogens is 192 g/mol. The predicted molar refractivity (Wildman–Crippen MR) is 62.3 cm³/mol. The summed E-state index contributed by atoms with van der Waals surface area (Å²) in [7, 11) is 0. The van der Waals surface area contributed by atoms with E-state index in [1.54, 1.807) is 0 Å². The van der Waals surface area contributed by atoms with Crippen molar-refractivity contribution in [3.05, 3.63) is 0 Å². The minimum atomic E-state index is -0.0254. The van der Waals surface area contributed by atoms with E-state index >= 15 is 0 Å². The average Bonchev–Trinajstić information content (AvgIpc) is 2.26. The number of carbonyl (C=O) groups excluding carboxylic acids is 1. The summed E-state index contributed by atoms with van der Waals surface area (Å²) in [6, 6.07) is -0.0254. The normalized spacial score (nSPS) is 11.0. The van der Waals surface area contributed by atoms with E-state index < -0.39 is 0 Å². The molecule has 4 heteroatoms. The molecule has 1 amide bonds. The Kier molecular flexibility index (Phi) is 14.1. The second kappa shape index (κ2) is 12.9. The molecule has 0 aliphatic rings. The fourth-order valence-corrected chi connectivity index (χ4v) is 0.955. The molecule has 0 aromatic heterocycles. The van der Waals surface area contributed by atoms with Crippen LogP contribution in [0.2, 0.25) is 0 Å². The lowest BCUT2D eigenvalue weighted by Crippen LogP contribution is -2.30. The van der Waals surface area contributed by atoms with Gasteiger partial charge < -0.3 is 15.8 Å². The number of nitrogens with two attached hydrogens (primary N) is 1. The van der Waals surface area contributed by atoms with Crippen LogP contribution in [0, 0.1) is 12.8 Å². The van der Waals surface area contributed by atoms with Crippen LogP contribution in [-0.4, -0.2) is 31.7 Å². The number of carbonyl (C=O) groups is 1. The highest BCUT2D eigenvalue weighted by molar-refractivity contribution is 5.75. The molecule has 0 aromatic rings. The van der Waals surface area contributed by atoms with E-state index in [1.807, 2.05) is 13.8 Å². The Morgan fingerprint density at radius 3 is 2.53 bits per heavy atom. The molecule has 0 saturated heterocycles. The third-order valence-electron chi connectivity index (χ3n) is 1.65. The van der Waals surface area contributed by atoms with Crippen LogP contribution in [0.15, 0.2) is 0 Å². The number of terminal acetylenes is 1. The Hall–Kier alpha value is -1.05. The molecule has 0 spiro atoms. The fourth-order valence-electron chi connectivity index (χ4n) is 0.955. The molecule has 4 nitrogen and oxygen atoms in total. The van der Waals surface area contributed by atoms with E-state index in [0.29, 0.717) is 32.6 Å². The maximum Gasteiger partial charge on any atom is 0.220 e. The van der Waals surface area contributed by atoms with Crippen LogP contribution in [0.1, 0.15) is 26.7 Å². The van der Waals surface area contributed by atoms with E-state index in [-0.39, 0.29) is 11.9 Å². The van der Waals surface area contributed by atoms with Crippen molar-refractivity contribution >= 4 is 5.91 Å². The molecule has 0 aliphatic heterocycles. The topological polar surface area (TPSA) is 64.4 Å². The summed E-state index contributed by atoms with van der Waals surface area (Å²) in [4.78, 5) is 11.0. The van der Waals surface area contributed by atoms with Crippen molar-refractivity contribution in [1.82, 2.24) is 5.32 Å². The van der Waals surface area contributed by atoms with E-state index in [2.05, 4.69) is 18.2 Å². The van der Waals surface area contributed by atoms with Crippen LogP contribution in [0.4, 0.5) is 0 Å². The lowest BCUT2D eigenvalue weighted by Gasteiger charge is -2.10. The predicted octanol–water partition coefficient (Wildman–Crippen LogP) is 0.516. The molecule has 0 bridgehead atoms. The number of hydrogen-bond acceptors (Lipinski definition) is 3. The first-order chi connectivity index (χ1) is 7.20. The van der Waals surface area contributed by atoms with Gasteiger partial charge >= 0.3 is 0 Å². The van der Waals surface area contributed by atoms with Crippen molar-refractivity contribution in [2.24, 2.45) is 5.73 Å². The summed E-state index contributed by atoms with van der Waals surface area (Å²) >= 11 is 0. The van der Waals surface area contributed by atoms with Crippen molar-refractivity contribution in [2.45, 2.75) is 32.7 Å². The summed E-state index contributed by atoms with van der Waals surface area (Å²) in [5.74, 6) is 0.0643. The third-order valence-corrected chi connectivity index (χ3v) is 1.65. The highest BCUT2D eigenvalue weighted by atomic mass is 16.5. The van der Waals surface area contributed by atoms with Crippen LogP contribution in [0.5, 0.6) is 0 Å². The summed E-state index contributed by atoms with van der Waals surface area (Å²) < 4.78 is 5.13. The van der Waals surface area contributed by atoms with Gasteiger partial charge in [-0.05, 0) is 20.3 Å². The van der Waals surface area contributed by atoms with Crippen molar-refractivity contribution in [2.75, 3.05) is 19.8 Å². The summed E-state index contributed by atoms with van der Waals surface area (Å²) in [5.41, 5.74) is 5.70. The first kappa shape index (κ1) is 16.4. The molecule has 3 N–H and O–H groups in total. The standard InChI is InChI=1S/C9H20N2O2.C2H2/c1-3-11-9(12)6-5-8(10)7-13-4-2;1-2/h8H,3-7,10H2,1-2H3,(H,11,12);1-2H/t8-;/m1./s1. The van der Waals surface area contributed by atoms with Crippen molar-refractivity contribution in [3.63, 3.8) is 0 Å². The summed E-state index contributed by atoms with van der Waals surface area (Å²) in [5, 5.41) is 2.72. The fraction of sp³-hybridized carbons (Fsp3) is 0.727. The lowest BCUT2D eigenvalue weighted by atomic mass is 10.2. The summed E-state index contributed by atoms with van der Waals surface area (Å²) in [6.45, 7) is 5.72. The molecule has 0 unspecified atom stereocenters. The molecule has 0 rings (SSSR count).